The largest absolute Gasteiger partial charge is 0.507 e. The number of ether oxygens (including phenoxy) is 1. The van der Waals surface area contributed by atoms with Crippen molar-refractivity contribution in [2.24, 2.45) is 5.16 Å². The SMILES string of the molecule is CC.CCC(F)(F)F.CCCC(=O)Cn1ccc2c(/C(C)=N/OC(=C(C)CC)c3ccc(O)c(C(F)(F)F)c3)cccc21.CCCOCCC. The average molecular weight is 717 g/mol. The molecule has 0 saturated carbocycles. The fourth-order valence-corrected chi connectivity index (χ4v) is 4.22. The number of phenolic OH excluding ortho intramolecular Hbond substituents is 1. The lowest BCUT2D eigenvalue weighted by Crippen LogP contribution is -2.08. The summed E-state index contributed by atoms with van der Waals surface area (Å²) in [6.45, 7) is 18.8. The van der Waals surface area contributed by atoms with Crippen LogP contribution in [-0.2, 0) is 27.1 Å². The number of aromatic nitrogens is 1. The Bertz CT molecular complexity index is 1490. The summed E-state index contributed by atoms with van der Waals surface area (Å²) in [5.41, 5.74) is 1.95. The van der Waals surface area contributed by atoms with Gasteiger partial charge in [-0.2, -0.15) is 26.3 Å². The maximum Gasteiger partial charge on any atom is 0.419 e. The van der Waals surface area contributed by atoms with E-state index < -0.39 is 30.1 Å². The van der Waals surface area contributed by atoms with Crippen LogP contribution in [0.4, 0.5) is 26.3 Å². The lowest BCUT2D eigenvalue weighted by atomic mass is 10.0. The van der Waals surface area contributed by atoms with E-state index in [1.807, 2.05) is 62.7 Å². The molecule has 2 aromatic carbocycles. The van der Waals surface area contributed by atoms with Crippen molar-refractivity contribution in [1.29, 1.82) is 0 Å². The van der Waals surface area contributed by atoms with Gasteiger partial charge in [0.25, 0.3) is 0 Å². The van der Waals surface area contributed by atoms with Gasteiger partial charge in [0.05, 0.1) is 17.8 Å². The minimum Gasteiger partial charge on any atom is -0.507 e. The van der Waals surface area contributed by atoms with Crippen molar-refractivity contribution < 1.29 is 45.8 Å². The van der Waals surface area contributed by atoms with Gasteiger partial charge in [0.2, 0.25) is 0 Å². The molecule has 0 unspecified atom stereocenters. The summed E-state index contributed by atoms with van der Waals surface area (Å²) in [4.78, 5) is 17.8. The molecule has 3 rings (SSSR count). The molecule has 0 amide bonds. The van der Waals surface area contributed by atoms with Gasteiger partial charge in [0.1, 0.15) is 5.75 Å². The normalized spacial score (nSPS) is 12.1. The van der Waals surface area contributed by atoms with Gasteiger partial charge >= 0.3 is 12.4 Å². The molecule has 0 radical (unpaired) electrons. The first-order valence-electron chi connectivity index (χ1n) is 17.1. The Kier molecular flexibility index (Phi) is 21.8. The van der Waals surface area contributed by atoms with Crippen molar-refractivity contribution in [3.05, 3.63) is 70.9 Å². The number of hydrogen-bond acceptors (Lipinski definition) is 5. The monoisotopic (exact) mass is 716 g/mol. The number of oxime groups is 1. The van der Waals surface area contributed by atoms with E-state index in [0.717, 1.165) is 68.0 Å². The molecular weight excluding hydrogens is 662 g/mol. The molecule has 3 aromatic rings. The number of carbonyl (C=O) groups excluding carboxylic acids is 1. The first kappa shape index (κ1) is 46.2. The highest BCUT2D eigenvalue weighted by Gasteiger charge is 2.34. The number of allylic oxidation sites excluding steroid dienone is 1. The van der Waals surface area contributed by atoms with Gasteiger partial charge in [-0.15, -0.1) is 0 Å². The Morgan fingerprint density at radius 3 is 1.98 bits per heavy atom. The number of benzene rings is 2. The molecule has 282 valence electrons. The van der Waals surface area contributed by atoms with Gasteiger partial charge in [-0.25, -0.2) is 0 Å². The fourth-order valence-electron chi connectivity index (χ4n) is 4.22. The van der Waals surface area contributed by atoms with Crippen LogP contribution < -0.4 is 0 Å². The summed E-state index contributed by atoms with van der Waals surface area (Å²) in [5, 5.41) is 14.8. The molecule has 1 N–H and O–H groups in total. The van der Waals surface area contributed by atoms with E-state index in [-0.39, 0.29) is 17.1 Å². The van der Waals surface area contributed by atoms with Gasteiger partial charge < -0.3 is 19.2 Å². The van der Waals surface area contributed by atoms with E-state index in [9.17, 15) is 36.2 Å². The van der Waals surface area contributed by atoms with Crippen molar-refractivity contribution in [2.45, 2.75) is 120 Å². The van der Waals surface area contributed by atoms with E-state index in [1.165, 1.54) is 6.07 Å². The number of phenols is 1. The number of Topliss-reactive ketones (excluding diaryl/α,β-unsaturated/α-hetero) is 1. The molecule has 0 aliphatic rings. The van der Waals surface area contributed by atoms with Gasteiger partial charge in [-0.1, -0.05) is 65.8 Å². The maximum absolute atomic E-state index is 13.3. The first-order valence-corrected chi connectivity index (χ1v) is 17.1. The Balaban J connectivity index is 0.00000134. The van der Waals surface area contributed by atoms with Crippen molar-refractivity contribution in [3.63, 3.8) is 0 Å². The molecule has 0 bridgehead atoms. The molecule has 0 aliphatic carbocycles. The molecular formula is C38H54F6N2O4. The highest BCUT2D eigenvalue weighted by molar-refractivity contribution is 6.09. The Hall–Kier alpha value is -3.80. The smallest absolute Gasteiger partial charge is 0.419 e. The second-order valence-electron chi connectivity index (χ2n) is 11.0. The van der Waals surface area contributed by atoms with Crippen LogP contribution in [0.1, 0.15) is 118 Å². The molecule has 1 aromatic heterocycles. The third-order valence-corrected chi connectivity index (χ3v) is 6.93. The van der Waals surface area contributed by atoms with E-state index >= 15 is 0 Å². The van der Waals surface area contributed by atoms with Crippen LogP contribution in [-0.4, -0.2) is 40.6 Å². The number of alkyl halides is 6. The van der Waals surface area contributed by atoms with Crippen molar-refractivity contribution in [1.82, 2.24) is 4.57 Å². The molecule has 1 heterocycles. The number of ketones is 1. The van der Waals surface area contributed by atoms with Crippen LogP contribution in [0.5, 0.6) is 5.75 Å². The molecule has 50 heavy (non-hydrogen) atoms. The second kappa shape index (κ2) is 23.6. The van der Waals surface area contributed by atoms with Crippen LogP contribution in [0.2, 0.25) is 0 Å². The van der Waals surface area contributed by atoms with Gasteiger partial charge in [0.15, 0.2) is 11.5 Å². The van der Waals surface area contributed by atoms with Crippen LogP contribution in [0.25, 0.3) is 16.7 Å². The van der Waals surface area contributed by atoms with Gasteiger partial charge in [-0.3, -0.25) is 4.79 Å². The van der Waals surface area contributed by atoms with Crippen molar-refractivity contribution >= 4 is 28.2 Å². The summed E-state index contributed by atoms with van der Waals surface area (Å²) in [6.07, 6.45) is -3.40. The summed E-state index contributed by atoms with van der Waals surface area (Å²) >= 11 is 0. The zero-order valence-corrected chi connectivity index (χ0v) is 30.8. The molecule has 6 nitrogen and oxygen atoms in total. The van der Waals surface area contributed by atoms with Gasteiger partial charge in [0, 0.05) is 54.3 Å². The zero-order valence-electron chi connectivity index (χ0n) is 30.8. The highest BCUT2D eigenvalue weighted by Crippen LogP contribution is 2.38. The maximum atomic E-state index is 13.3. The lowest BCUT2D eigenvalue weighted by molar-refractivity contribution is -0.138. The molecule has 12 heteroatoms. The van der Waals surface area contributed by atoms with Crippen LogP contribution in [0.15, 0.2) is 59.4 Å². The summed E-state index contributed by atoms with van der Waals surface area (Å²) in [7, 11) is 0. The molecule has 0 aliphatic heterocycles. The lowest BCUT2D eigenvalue weighted by Gasteiger charge is -2.14. The Labute approximate surface area is 293 Å². The number of aromatic hydroxyl groups is 1. The predicted molar refractivity (Wildman–Crippen MR) is 190 cm³/mol. The first-order chi connectivity index (χ1) is 23.5. The third kappa shape index (κ3) is 16.3. The van der Waals surface area contributed by atoms with Crippen molar-refractivity contribution in [2.75, 3.05) is 13.2 Å². The average Bonchev–Trinajstić information content (AvgIpc) is 3.48. The third-order valence-electron chi connectivity index (χ3n) is 6.93. The number of nitrogens with zero attached hydrogens (tertiary/aromatic N) is 2. The van der Waals surface area contributed by atoms with Gasteiger partial charge in [-0.05, 0) is 75.4 Å². The van der Waals surface area contributed by atoms with E-state index in [4.69, 9.17) is 9.57 Å². The number of fused-ring (bicyclic) bond motifs is 1. The molecule has 0 spiro atoms. The minimum atomic E-state index is -4.70. The standard InChI is InChI=1S/C27H29F3N2O3.C6H14O.C3H5F3.C2H6/c1-5-8-20(33)16-32-14-13-22-21(9-7-10-24(22)32)18(4)31-35-26(17(3)6-2)19-11-12-25(34)23(15-19)27(28,29)30;1-3-5-7-6-4-2;1-2-3(4,5)6;1-2/h7,9-15,34H,5-6,8,16H2,1-4H3;3-6H2,1-2H3;2H2,1H3;1-2H3/b26-17?,31-18+;;;. The van der Waals surface area contributed by atoms with E-state index in [1.54, 1.807) is 13.8 Å². The predicted octanol–water partition coefficient (Wildman–Crippen LogP) is 12.1. The topological polar surface area (TPSA) is 73.1 Å². The second-order valence-corrected chi connectivity index (χ2v) is 11.0. The van der Waals surface area contributed by atoms with Crippen LogP contribution >= 0.6 is 0 Å². The molecule has 0 fully saturated rings. The van der Waals surface area contributed by atoms with E-state index in [2.05, 4.69) is 19.0 Å². The molecule has 0 saturated heterocycles. The van der Waals surface area contributed by atoms with Crippen LogP contribution in [0, 0.1) is 0 Å². The Morgan fingerprint density at radius 2 is 1.48 bits per heavy atom. The Morgan fingerprint density at radius 1 is 0.880 bits per heavy atom. The van der Waals surface area contributed by atoms with E-state index in [0.29, 0.717) is 30.7 Å². The summed E-state index contributed by atoms with van der Waals surface area (Å²) < 4.78 is 79.3. The quantitative estimate of drug-likeness (QED) is 0.0628. The van der Waals surface area contributed by atoms with Crippen molar-refractivity contribution in [3.8, 4) is 5.75 Å². The fraction of sp³-hybridized carbons (Fsp3) is 0.526. The summed E-state index contributed by atoms with van der Waals surface area (Å²) in [5.74, 6) is -0.489. The number of rotatable bonds is 13. The number of hydrogen-bond donors (Lipinski definition) is 1. The number of carbonyl (C=O) groups is 1. The number of halogens is 6. The molecule has 0 atom stereocenters. The summed E-state index contributed by atoms with van der Waals surface area (Å²) in [6, 6.07) is 10.8. The van der Waals surface area contributed by atoms with Crippen LogP contribution in [0.3, 0.4) is 0 Å². The zero-order chi connectivity index (χ0) is 38.5. The highest BCUT2D eigenvalue weighted by atomic mass is 19.4. The minimum absolute atomic E-state index is 0.154.